The highest BCUT2D eigenvalue weighted by atomic mass is 19.4. The third kappa shape index (κ3) is 3.94. The maximum absolute atomic E-state index is 12.2. The summed E-state index contributed by atoms with van der Waals surface area (Å²) in [4.78, 5) is 11.5. The summed E-state index contributed by atoms with van der Waals surface area (Å²) in [7, 11) is 1.15. The molecule has 0 bridgehead atoms. The normalized spacial score (nSPS) is 11.0. The summed E-state index contributed by atoms with van der Waals surface area (Å²) < 4.78 is 49.8. The van der Waals surface area contributed by atoms with Crippen LogP contribution >= 0.6 is 0 Å². The van der Waals surface area contributed by atoms with Crippen LogP contribution in [0.1, 0.15) is 17.3 Å². The summed E-state index contributed by atoms with van der Waals surface area (Å²) in [6.07, 6.45) is -4.91. The fourth-order valence-electron chi connectivity index (χ4n) is 1.33. The molecule has 0 heterocycles. The maximum atomic E-state index is 12.2. The molecule has 2 N–H and O–H groups in total. The first-order chi connectivity index (χ1) is 8.78. The fourth-order valence-corrected chi connectivity index (χ4v) is 1.33. The Morgan fingerprint density at radius 3 is 2.42 bits per heavy atom. The minimum absolute atomic E-state index is 0.0650. The van der Waals surface area contributed by atoms with Crippen molar-refractivity contribution in [2.45, 2.75) is 13.3 Å². The van der Waals surface area contributed by atoms with E-state index in [1.165, 1.54) is 0 Å². The van der Waals surface area contributed by atoms with Crippen molar-refractivity contribution in [2.24, 2.45) is 0 Å². The number of hydrogen-bond acceptors (Lipinski definition) is 5. The lowest BCUT2D eigenvalue weighted by Crippen LogP contribution is -2.18. The molecular formula is C11H12F3NO4. The van der Waals surface area contributed by atoms with Crippen LogP contribution in [0.4, 0.5) is 18.9 Å². The second-order valence-electron chi connectivity index (χ2n) is 3.36. The highest BCUT2D eigenvalue weighted by Crippen LogP contribution is 2.36. The monoisotopic (exact) mass is 279 g/mol. The number of nitrogen functional groups attached to an aromatic ring is 1. The van der Waals surface area contributed by atoms with Crippen LogP contribution in [0.15, 0.2) is 12.1 Å². The van der Waals surface area contributed by atoms with Gasteiger partial charge >= 0.3 is 12.3 Å². The minimum Gasteiger partial charge on any atom is -0.493 e. The molecule has 0 amide bonds. The number of esters is 1. The summed E-state index contributed by atoms with van der Waals surface area (Å²) in [5.74, 6) is -1.73. The van der Waals surface area contributed by atoms with E-state index in [4.69, 9.17) is 10.5 Å². The molecule has 0 atom stereocenters. The number of nitrogens with two attached hydrogens (primary N) is 1. The molecular weight excluding hydrogens is 267 g/mol. The molecule has 1 rings (SSSR count). The van der Waals surface area contributed by atoms with Gasteiger partial charge in [-0.3, -0.25) is 0 Å². The molecule has 0 spiro atoms. The number of halogens is 3. The molecule has 0 aliphatic rings. The zero-order valence-electron chi connectivity index (χ0n) is 10.2. The SMILES string of the molecule is CCOC(=O)c1cc(OC(F)(F)F)c(OC)cc1N. The third-order valence-electron chi connectivity index (χ3n) is 2.06. The van der Waals surface area contributed by atoms with Crippen molar-refractivity contribution in [2.75, 3.05) is 19.5 Å². The molecule has 1 aromatic carbocycles. The van der Waals surface area contributed by atoms with Crippen molar-refractivity contribution in [3.05, 3.63) is 17.7 Å². The zero-order chi connectivity index (χ0) is 14.6. The van der Waals surface area contributed by atoms with Gasteiger partial charge in [-0.05, 0) is 6.92 Å². The van der Waals surface area contributed by atoms with Crippen LogP contribution < -0.4 is 15.2 Å². The van der Waals surface area contributed by atoms with E-state index in [-0.39, 0.29) is 23.6 Å². The van der Waals surface area contributed by atoms with E-state index < -0.39 is 18.1 Å². The van der Waals surface area contributed by atoms with E-state index in [9.17, 15) is 18.0 Å². The predicted octanol–water partition coefficient (Wildman–Crippen LogP) is 2.35. The van der Waals surface area contributed by atoms with Crippen molar-refractivity contribution < 1.29 is 32.2 Å². The van der Waals surface area contributed by atoms with Gasteiger partial charge in [0.25, 0.3) is 0 Å². The summed E-state index contributed by atoms with van der Waals surface area (Å²) in [6.45, 7) is 1.63. The Bertz CT molecular complexity index is 474. The lowest BCUT2D eigenvalue weighted by molar-refractivity contribution is -0.275. The lowest BCUT2D eigenvalue weighted by Gasteiger charge is -2.15. The number of ether oxygens (including phenoxy) is 3. The van der Waals surface area contributed by atoms with Crippen molar-refractivity contribution >= 4 is 11.7 Å². The van der Waals surface area contributed by atoms with Crippen LogP contribution in [-0.2, 0) is 4.74 Å². The summed E-state index contributed by atoms with van der Waals surface area (Å²) in [5, 5.41) is 0. The maximum Gasteiger partial charge on any atom is 0.573 e. The molecule has 0 unspecified atom stereocenters. The molecule has 0 aromatic heterocycles. The van der Waals surface area contributed by atoms with Crippen molar-refractivity contribution in [1.29, 1.82) is 0 Å². The molecule has 0 radical (unpaired) electrons. The van der Waals surface area contributed by atoms with Crippen LogP contribution in [0.2, 0.25) is 0 Å². The van der Waals surface area contributed by atoms with Crippen molar-refractivity contribution in [3.8, 4) is 11.5 Å². The number of methoxy groups -OCH3 is 1. The van der Waals surface area contributed by atoms with Crippen LogP contribution in [0.5, 0.6) is 11.5 Å². The molecule has 0 saturated heterocycles. The topological polar surface area (TPSA) is 70.8 Å². The molecule has 0 fully saturated rings. The average molecular weight is 279 g/mol. The summed E-state index contributed by atoms with van der Waals surface area (Å²) in [5.41, 5.74) is 5.26. The number of rotatable bonds is 4. The van der Waals surface area contributed by atoms with E-state index in [2.05, 4.69) is 9.47 Å². The van der Waals surface area contributed by atoms with Gasteiger partial charge in [0.05, 0.1) is 25.0 Å². The highest BCUT2D eigenvalue weighted by molar-refractivity contribution is 5.96. The molecule has 8 heteroatoms. The number of carbonyl (C=O) groups excluding carboxylic acids is 1. The highest BCUT2D eigenvalue weighted by Gasteiger charge is 2.33. The van der Waals surface area contributed by atoms with Gasteiger partial charge in [-0.15, -0.1) is 13.2 Å². The Morgan fingerprint density at radius 1 is 1.32 bits per heavy atom. The predicted molar refractivity (Wildman–Crippen MR) is 60.0 cm³/mol. The molecule has 5 nitrogen and oxygen atoms in total. The van der Waals surface area contributed by atoms with Gasteiger partial charge in [-0.2, -0.15) is 0 Å². The van der Waals surface area contributed by atoms with Crippen LogP contribution in [-0.4, -0.2) is 26.0 Å². The second-order valence-corrected chi connectivity index (χ2v) is 3.36. The van der Waals surface area contributed by atoms with E-state index in [1.807, 2.05) is 0 Å². The molecule has 0 saturated carbocycles. The first-order valence-electron chi connectivity index (χ1n) is 5.18. The molecule has 1 aromatic rings. The van der Waals surface area contributed by atoms with Crippen LogP contribution in [0.25, 0.3) is 0 Å². The molecule has 0 aliphatic heterocycles. The number of carbonyl (C=O) groups is 1. The smallest absolute Gasteiger partial charge is 0.493 e. The first-order valence-corrected chi connectivity index (χ1v) is 5.18. The standard InChI is InChI=1S/C11H12F3NO4/c1-3-18-10(16)6-4-9(19-11(12,13)14)8(17-2)5-7(6)15/h4-5H,3,15H2,1-2H3. The number of benzene rings is 1. The first kappa shape index (κ1) is 14.9. The van der Waals surface area contributed by atoms with Gasteiger partial charge in [0, 0.05) is 12.1 Å². The van der Waals surface area contributed by atoms with Crippen molar-refractivity contribution in [1.82, 2.24) is 0 Å². The number of hydrogen-bond donors (Lipinski definition) is 1. The summed E-state index contributed by atoms with van der Waals surface area (Å²) >= 11 is 0. The molecule has 106 valence electrons. The Morgan fingerprint density at radius 2 is 1.95 bits per heavy atom. The van der Waals surface area contributed by atoms with Gasteiger partial charge in [0.2, 0.25) is 0 Å². The van der Waals surface area contributed by atoms with Crippen LogP contribution in [0.3, 0.4) is 0 Å². The Kier molecular flexibility index (Phi) is 4.47. The second kappa shape index (κ2) is 5.68. The van der Waals surface area contributed by atoms with Crippen molar-refractivity contribution in [3.63, 3.8) is 0 Å². The number of alkyl halides is 3. The Labute approximate surface area is 107 Å². The average Bonchev–Trinajstić information content (AvgIpc) is 2.29. The Balaban J connectivity index is 3.21. The van der Waals surface area contributed by atoms with E-state index >= 15 is 0 Å². The van der Waals surface area contributed by atoms with Gasteiger partial charge in [0.1, 0.15) is 0 Å². The van der Waals surface area contributed by atoms with Gasteiger partial charge < -0.3 is 19.9 Å². The largest absolute Gasteiger partial charge is 0.573 e. The van der Waals surface area contributed by atoms with Crippen LogP contribution in [0, 0.1) is 0 Å². The Hall–Kier alpha value is -2.12. The summed E-state index contributed by atoms with van der Waals surface area (Å²) in [6, 6.07) is 1.90. The van der Waals surface area contributed by atoms with Gasteiger partial charge in [-0.1, -0.05) is 0 Å². The third-order valence-corrected chi connectivity index (χ3v) is 2.06. The van der Waals surface area contributed by atoms with Gasteiger partial charge in [-0.25, -0.2) is 4.79 Å². The van der Waals surface area contributed by atoms with E-state index in [1.54, 1.807) is 6.92 Å². The van der Waals surface area contributed by atoms with E-state index in [0.717, 1.165) is 19.2 Å². The fraction of sp³-hybridized carbons (Fsp3) is 0.364. The van der Waals surface area contributed by atoms with Gasteiger partial charge in [0.15, 0.2) is 11.5 Å². The van der Waals surface area contributed by atoms with E-state index in [0.29, 0.717) is 0 Å². The number of anilines is 1. The lowest BCUT2D eigenvalue weighted by atomic mass is 10.1. The quantitative estimate of drug-likeness (QED) is 0.676. The minimum atomic E-state index is -4.91. The molecule has 0 aliphatic carbocycles. The molecule has 19 heavy (non-hydrogen) atoms. The zero-order valence-corrected chi connectivity index (χ0v) is 10.2.